The smallest absolute Gasteiger partial charge is 0.330 e. The first kappa shape index (κ1) is 19.8. The van der Waals surface area contributed by atoms with E-state index in [0.717, 1.165) is 37.0 Å². The molecule has 0 radical (unpaired) electrons. The van der Waals surface area contributed by atoms with Crippen LogP contribution >= 0.6 is 0 Å². The van der Waals surface area contributed by atoms with Crippen LogP contribution in [0.2, 0.25) is 0 Å². The molecule has 1 aromatic heterocycles. The highest BCUT2D eigenvalue weighted by molar-refractivity contribution is 5.91. The summed E-state index contributed by atoms with van der Waals surface area (Å²) in [7, 11) is 2.99. The van der Waals surface area contributed by atoms with E-state index in [9.17, 15) is 14.4 Å². The van der Waals surface area contributed by atoms with Crippen LogP contribution in [0.15, 0.2) is 52.2 Å². The van der Waals surface area contributed by atoms with E-state index in [1.54, 1.807) is 7.05 Å². The average Bonchev–Trinajstić information content (AvgIpc) is 2.70. The molecule has 2 heterocycles. The Kier molecular flexibility index (Phi) is 6.26. The van der Waals surface area contributed by atoms with Crippen LogP contribution in [0, 0.1) is 0 Å². The van der Waals surface area contributed by atoms with Crippen molar-refractivity contribution in [3.63, 3.8) is 0 Å². The molecule has 1 fully saturated rings. The molecule has 1 N–H and O–H groups in total. The monoisotopic (exact) mass is 382 g/mol. The minimum atomic E-state index is -0.415. The van der Waals surface area contributed by atoms with E-state index in [2.05, 4.69) is 22.3 Å². The minimum Gasteiger partial charge on any atom is -0.350 e. The Hall–Kier alpha value is -2.93. The standard InChI is InChI=1S/C21H26N4O3/c1-23-15-17(20(27)24(2)21(23)28)8-9-19(26)22-18-10-12-25(13-11-18)14-16-6-4-3-5-7-16/h3-9,15,18H,10-14H2,1-2H3,(H,22,26). The van der Waals surface area contributed by atoms with Gasteiger partial charge in [0.05, 0.1) is 5.56 Å². The van der Waals surface area contributed by atoms with Crippen molar-refractivity contribution in [2.45, 2.75) is 25.4 Å². The van der Waals surface area contributed by atoms with Gasteiger partial charge in [-0.25, -0.2) is 4.79 Å². The van der Waals surface area contributed by atoms with Gasteiger partial charge in [-0.1, -0.05) is 30.3 Å². The fourth-order valence-electron chi connectivity index (χ4n) is 3.44. The molecule has 0 aliphatic carbocycles. The molecule has 1 amide bonds. The number of hydrogen-bond acceptors (Lipinski definition) is 4. The number of nitrogens with zero attached hydrogens (tertiary/aromatic N) is 3. The number of hydrogen-bond donors (Lipinski definition) is 1. The van der Waals surface area contributed by atoms with Gasteiger partial charge in [-0.05, 0) is 24.5 Å². The molecule has 148 valence electrons. The molecule has 3 rings (SSSR count). The molecule has 2 aromatic rings. The summed E-state index contributed by atoms with van der Waals surface area (Å²) < 4.78 is 2.35. The summed E-state index contributed by atoms with van der Waals surface area (Å²) in [5.41, 5.74) is 0.791. The number of nitrogens with one attached hydrogen (secondary N) is 1. The second kappa shape index (κ2) is 8.84. The molecule has 0 bridgehead atoms. The molecule has 0 spiro atoms. The van der Waals surface area contributed by atoms with Crippen LogP contribution in [-0.4, -0.2) is 39.1 Å². The molecule has 1 saturated heterocycles. The number of carbonyl (C=O) groups is 1. The molecule has 1 aromatic carbocycles. The van der Waals surface area contributed by atoms with Crippen LogP contribution in [0.4, 0.5) is 0 Å². The molecule has 1 aliphatic rings. The number of aromatic nitrogens is 2. The van der Waals surface area contributed by atoms with Crippen molar-refractivity contribution < 1.29 is 4.79 Å². The molecule has 28 heavy (non-hydrogen) atoms. The summed E-state index contributed by atoms with van der Waals surface area (Å²) in [6.07, 6.45) is 6.05. The Morgan fingerprint density at radius 2 is 1.82 bits per heavy atom. The molecule has 0 unspecified atom stereocenters. The van der Waals surface area contributed by atoms with E-state index in [4.69, 9.17) is 0 Å². The van der Waals surface area contributed by atoms with E-state index < -0.39 is 11.2 Å². The van der Waals surface area contributed by atoms with Crippen molar-refractivity contribution in [2.24, 2.45) is 14.1 Å². The molecule has 0 atom stereocenters. The zero-order chi connectivity index (χ0) is 20.1. The molecule has 1 aliphatic heterocycles. The maximum Gasteiger partial charge on any atom is 0.330 e. The van der Waals surface area contributed by atoms with Crippen molar-refractivity contribution >= 4 is 12.0 Å². The van der Waals surface area contributed by atoms with Crippen LogP contribution < -0.4 is 16.6 Å². The Labute approximate surface area is 163 Å². The highest BCUT2D eigenvalue weighted by Gasteiger charge is 2.20. The number of rotatable bonds is 5. The maximum absolute atomic E-state index is 12.2. The fourth-order valence-corrected chi connectivity index (χ4v) is 3.44. The van der Waals surface area contributed by atoms with Gasteiger partial charge in [-0.15, -0.1) is 0 Å². The molecule has 7 nitrogen and oxygen atoms in total. The number of carbonyl (C=O) groups excluding carboxylic acids is 1. The Bertz CT molecular complexity index is 967. The lowest BCUT2D eigenvalue weighted by Crippen LogP contribution is -2.43. The summed E-state index contributed by atoms with van der Waals surface area (Å²) in [5.74, 6) is -0.225. The SMILES string of the molecule is Cn1cc(C=CC(=O)NC2CCN(Cc3ccccc3)CC2)c(=O)n(C)c1=O. The van der Waals surface area contributed by atoms with Crippen LogP contribution in [0.25, 0.3) is 6.08 Å². The zero-order valence-corrected chi connectivity index (χ0v) is 16.3. The molecular weight excluding hydrogens is 356 g/mol. The largest absolute Gasteiger partial charge is 0.350 e. The maximum atomic E-state index is 12.2. The third kappa shape index (κ3) is 4.86. The molecular formula is C21H26N4O3. The quantitative estimate of drug-likeness (QED) is 0.779. The lowest BCUT2D eigenvalue weighted by Gasteiger charge is -2.32. The number of amides is 1. The van der Waals surface area contributed by atoms with Gasteiger partial charge < -0.3 is 9.88 Å². The van der Waals surface area contributed by atoms with Crippen molar-refractivity contribution in [3.05, 3.63) is 74.6 Å². The van der Waals surface area contributed by atoms with Gasteiger partial charge in [-0.2, -0.15) is 0 Å². The third-order valence-corrected chi connectivity index (χ3v) is 5.07. The van der Waals surface area contributed by atoms with Gasteiger partial charge in [0.1, 0.15) is 0 Å². The average molecular weight is 382 g/mol. The van der Waals surface area contributed by atoms with Gasteiger partial charge in [-0.3, -0.25) is 19.1 Å². The van der Waals surface area contributed by atoms with Gasteiger partial charge in [0.25, 0.3) is 5.56 Å². The number of aryl methyl sites for hydroxylation is 1. The van der Waals surface area contributed by atoms with Crippen molar-refractivity contribution in [3.8, 4) is 0 Å². The third-order valence-electron chi connectivity index (χ3n) is 5.07. The van der Waals surface area contributed by atoms with E-state index in [0.29, 0.717) is 5.56 Å². The van der Waals surface area contributed by atoms with Crippen LogP contribution in [0.5, 0.6) is 0 Å². The van der Waals surface area contributed by atoms with E-state index in [1.807, 2.05) is 18.2 Å². The fraction of sp³-hybridized carbons (Fsp3) is 0.381. The predicted octanol–water partition coefficient (Wildman–Crippen LogP) is 0.878. The lowest BCUT2D eigenvalue weighted by molar-refractivity contribution is -0.117. The number of benzene rings is 1. The normalized spacial score (nSPS) is 15.8. The van der Waals surface area contributed by atoms with E-state index >= 15 is 0 Å². The first-order valence-electron chi connectivity index (χ1n) is 9.45. The number of likely N-dealkylation sites (tertiary alicyclic amines) is 1. The Morgan fingerprint density at radius 3 is 2.50 bits per heavy atom. The molecule has 7 heteroatoms. The molecule has 0 saturated carbocycles. The summed E-state index contributed by atoms with van der Waals surface area (Å²) in [4.78, 5) is 38.4. The van der Waals surface area contributed by atoms with Gasteiger partial charge in [0.2, 0.25) is 5.91 Å². The van der Waals surface area contributed by atoms with E-state index in [-0.39, 0.29) is 11.9 Å². The first-order valence-corrected chi connectivity index (χ1v) is 9.45. The first-order chi connectivity index (χ1) is 13.4. The Balaban J connectivity index is 1.52. The second-order valence-corrected chi connectivity index (χ2v) is 7.22. The predicted molar refractivity (Wildman–Crippen MR) is 109 cm³/mol. The van der Waals surface area contributed by atoms with Crippen molar-refractivity contribution in [1.82, 2.24) is 19.4 Å². The minimum absolute atomic E-state index is 0.132. The van der Waals surface area contributed by atoms with Crippen molar-refractivity contribution in [2.75, 3.05) is 13.1 Å². The van der Waals surface area contributed by atoms with Crippen LogP contribution in [0.3, 0.4) is 0 Å². The van der Waals surface area contributed by atoms with Gasteiger partial charge in [0, 0.05) is 52.0 Å². The number of piperidine rings is 1. The Morgan fingerprint density at radius 1 is 1.14 bits per heavy atom. The lowest BCUT2D eigenvalue weighted by atomic mass is 10.0. The zero-order valence-electron chi connectivity index (χ0n) is 16.3. The van der Waals surface area contributed by atoms with E-state index in [1.165, 1.54) is 35.5 Å². The van der Waals surface area contributed by atoms with Crippen LogP contribution in [-0.2, 0) is 25.4 Å². The van der Waals surface area contributed by atoms with Crippen molar-refractivity contribution in [1.29, 1.82) is 0 Å². The summed E-state index contributed by atoms with van der Waals surface area (Å²) in [6, 6.07) is 10.5. The highest BCUT2D eigenvalue weighted by Crippen LogP contribution is 2.13. The van der Waals surface area contributed by atoms with Gasteiger partial charge >= 0.3 is 5.69 Å². The highest BCUT2D eigenvalue weighted by atomic mass is 16.2. The summed E-state index contributed by atoms with van der Waals surface area (Å²) in [5, 5.41) is 3.00. The summed E-state index contributed by atoms with van der Waals surface area (Å²) >= 11 is 0. The topological polar surface area (TPSA) is 76.3 Å². The van der Waals surface area contributed by atoms with Crippen LogP contribution in [0.1, 0.15) is 24.0 Å². The van der Waals surface area contributed by atoms with Gasteiger partial charge in [0.15, 0.2) is 0 Å². The second-order valence-electron chi connectivity index (χ2n) is 7.22. The summed E-state index contributed by atoms with van der Waals surface area (Å²) in [6.45, 7) is 2.80.